The number of amides is 1. The van der Waals surface area contributed by atoms with Crippen LogP contribution in [-0.2, 0) is 6.18 Å². The highest BCUT2D eigenvalue weighted by molar-refractivity contribution is 5.94. The van der Waals surface area contributed by atoms with E-state index < -0.39 is 11.7 Å². The number of halogens is 3. The summed E-state index contributed by atoms with van der Waals surface area (Å²) in [6, 6.07) is 4.50. The molecule has 0 saturated heterocycles. The van der Waals surface area contributed by atoms with Gasteiger partial charge in [-0.2, -0.15) is 13.2 Å². The van der Waals surface area contributed by atoms with Crippen molar-refractivity contribution in [3.8, 4) is 0 Å². The molecule has 0 heterocycles. The molecule has 0 aliphatic carbocycles. The van der Waals surface area contributed by atoms with Gasteiger partial charge in [0.25, 0.3) is 5.91 Å². The summed E-state index contributed by atoms with van der Waals surface area (Å²) in [5, 5.41) is 0. The van der Waals surface area contributed by atoms with Crippen molar-refractivity contribution in [2.24, 2.45) is 0 Å². The lowest BCUT2D eigenvalue weighted by Crippen LogP contribution is -2.30. The number of carbonyl (C=O) groups is 1. The molecule has 0 radical (unpaired) electrons. The molecule has 0 saturated carbocycles. The van der Waals surface area contributed by atoms with Gasteiger partial charge in [-0.3, -0.25) is 4.79 Å². The van der Waals surface area contributed by atoms with E-state index in [0.717, 1.165) is 12.1 Å². The van der Waals surface area contributed by atoms with Gasteiger partial charge in [-0.1, -0.05) is 6.07 Å². The van der Waals surface area contributed by atoms with Gasteiger partial charge in [-0.05, 0) is 32.0 Å². The lowest BCUT2D eigenvalue weighted by Gasteiger charge is -2.19. The number of benzene rings is 1. The van der Waals surface area contributed by atoms with Crippen molar-refractivity contribution in [1.82, 2.24) is 4.90 Å². The highest BCUT2D eigenvalue weighted by Crippen LogP contribution is 2.29. The SMILES string of the molecule is CCN(CC)C(=O)c1cccc(C(F)(F)F)c1. The van der Waals surface area contributed by atoms with E-state index in [2.05, 4.69) is 0 Å². The van der Waals surface area contributed by atoms with Crippen LogP contribution in [0.3, 0.4) is 0 Å². The van der Waals surface area contributed by atoms with Gasteiger partial charge >= 0.3 is 6.18 Å². The summed E-state index contributed by atoms with van der Waals surface area (Å²) in [6.07, 6.45) is -4.42. The molecule has 0 aromatic heterocycles. The molecule has 0 spiro atoms. The predicted molar refractivity (Wildman–Crippen MR) is 58.7 cm³/mol. The summed E-state index contributed by atoms with van der Waals surface area (Å²) in [6.45, 7) is 4.53. The maximum Gasteiger partial charge on any atom is 0.416 e. The summed E-state index contributed by atoms with van der Waals surface area (Å²) in [5.74, 6) is -0.374. The van der Waals surface area contributed by atoms with Crippen LogP contribution in [0.5, 0.6) is 0 Å². The third-order valence-electron chi connectivity index (χ3n) is 2.49. The molecule has 0 unspecified atom stereocenters. The van der Waals surface area contributed by atoms with Crippen LogP contribution in [0.4, 0.5) is 13.2 Å². The van der Waals surface area contributed by atoms with Crippen molar-refractivity contribution in [3.05, 3.63) is 35.4 Å². The number of carbonyl (C=O) groups excluding carboxylic acids is 1. The Labute approximate surface area is 98.0 Å². The van der Waals surface area contributed by atoms with E-state index in [9.17, 15) is 18.0 Å². The van der Waals surface area contributed by atoms with Crippen molar-refractivity contribution >= 4 is 5.91 Å². The van der Waals surface area contributed by atoms with Crippen molar-refractivity contribution in [3.63, 3.8) is 0 Å². The zero-order valence-electron chi connectivity index (χ0n) is 9.71. The van der Waals surface area contributed by atoms with Gasteiger partial charge in [0.2, 0.25) is 0 Å². The Balaban J connectivity index is 3.04. The van der Waals surface area contributed by atoms with Crippen LogP contribution in [0.25, 0.3) is 0 Å². The average molecular weight is 245 g/mol. The molecular weight excluding hydrogens is 231 g/mol. The maximum atomic E-state index is 12.5. The highest BCUT2D eigenvalue weighted by Gasteiger charge is 2.31. The van der Waals surface area contributed by atoms with E-state index in [1.165, 1.54) is 17.0 Å². The molecule has 0 N–H and O–H groups in total. The number of nitrogens with zero attached hydrogens (tertiary/aromatic N) is 1. The monoisotopic (exact) mass is 245 g/mol. The fourth-order valence-corrected chi connectivity index (χ4v) is 1.52. The van der Waals surface area contributed by atoms with E-state index in [1.807, 2.05) is 0 Å². The second kappa shape index (κ2) is 5.21. The zero-order chi connectivity index (χ0) is 13.1. The van der Waals surface area contributed by atoms with Crippen molar-refractivity contribution in [2.75, 3.05) is 13.1 Å². The summed E-state index contributed by atoms with van der Waals surface area (Å²) >= 11 is 0. The van der Waals surface area contributed by atoms with E-state index in [0.29, 0.717) is 13.1 Å². The topological polar surface area (TPSA) is 20.3 Å². The van der Waals surface area contributed by atoms with Crippen LogP contribution in [0, 0.1) is 0 Å². The molecule has 0 aliphatic rings. The minimum absolute atomic E-state index is 0.0727. The Morgan fingerprint density at radius 2 is 1.82 bits per heavy atom. The van der Waals surface area contributed by atoms with Crippen LogP contribution < -0.4 is 0 Å². The summed E-state index contributed by atoms with van der Waals surface area (Å²) in [5.41, 5.74) is -0.723. The third kappa shape index (κ3) is 3.22. The molecule has 1 amide bonds. The molecule has 0 aliphatic heterocycles. The van der Waals surface area contributed by atoms with Crippen LogP contribution >= 0.6 is 0 Å². The Kier molecular flexibility index (Phi) is 4.15. The standard InChI is InChI=1S/C12H14F3NO/c1-3-16(4-2)11(17)9-6-5-7-10(8-9)12(13,14)15/h5-8H,3-4H2,1-2H3. The quantitative estimate of drug-likeness (QED) is 0.800. The Bertz CT molecular complexity index is 397. The molecule has 5 heteroatoms. The predicted octanol–water partition coefficient (Wildman–Crippen LogP) is 3.19. The Hall–Kier alpha value is -1.52. The van der Waals surface area contributed by atoms with Gasteiger partial charge in [-0.15, -0.1) is 0 Å². The van der Waals surface area contributed by atoms with Crippen LogP contribution in [0.15, 0.2) is 24.3 Å². The maximum absolute atomic E-state index is 12.5. The first-order valence-corrected chi connectivity index (χ1v) is 5.36. The molecule has 0 fully saturated rings. The van der Waals surface area contributed by atoms with Crippen LogP contribution in [0.1, 0.15) is 29.8 Å². The number of hydrogen-bond acceptors (Lipinski definition) is 1. The zero-order valence-corrected chi connectivity index (χ0v) is 9.71. The average Bonchev–Trinajstić information content (AvgIpc) is 2.29. The molecule has 0 bridgehead atoms. The lowest BCUT2D eigenvalue weighted by molar-refractivity contribution is -0.137. The first kappa shape index (κ1) is 13.5. The first-order valence-electron chi connectivity index (χ1n) is 5.36. The third-order valence-corrected chi connectivity index (χ3v) is 2.49. The van der Waals surface area contributed by atoms with Crippen molar-refractivity contribution in [2.45, 2.75) is 20.0 Å². The number of alkyl halides is 3. The molecular formula is C12H14F3NO. The minimum Gasteiger partial charge on any atom is -0.339 e. The smallest absolute Gasteiger partial charge is 0.339 e. The lowest BCUT2D eigenvalue weighted by atomic mass is 10.1. The number of hydrogen-bond donors (Lipinski definition) is 0. The minimum atomic E-state index is -4.42. The number of rotatable bonds is 3. The van der Waals surface area contributed by atoms with Gasteiger partial charge < -0.3 is 4.90 Å². The molecule has 2 nitrogen and oxygen atoms in total. The first-order chi connectivity index (χ1) is 7.90. The fourth-order valence-electron chi connectivity index (χ4n) is 1.52. The molecule has 0 atom stereocenters. The summed E-state index contributed by atoms with van der Waals surface area (Å²) in [7, 11) is 0. The molecule has 1 aromatic rings. The van der Waals surface area contributed by atoms with Gasteiger partial charge in [0, 0.05) is 18.7 Å². The fraction of sp³-hybridized carbons (Fsp3) is 0.417. The van der Waals surface area contributed by atoms with Gasteiger partial charge in [0.15, 0.2) is 0 Å². The van der Waals surface area contributed by atoms with E-state index in [-0.39, 0.29) is 11.5 Å². The Morgan fingerprint density at radius 1 is 1.24 bits per heavy atom. The summed E-state index contributed by atoms with van der Waals surface area (Å²) in [4.78, 5) is 13.3. The molecule has 1 aromatic carbocycles. The second-order valence-electron chi connectivity index (χ2n) is 3.56. The van der Waals surface area contributed by atoms with Gasteiger partial charge in [0.1, 0.15) is 0 Å². The molecule has 94 valence electrons. The Morgan fingerprint density at radius 3 is 2.29 bits per heavy atom. The van der Waals surface area contributed by atoms with Crippen LogP contribution in [-0.4, -0.2) is 23.9 Å². The van der Waals surface area contributed by atoms with Gasteiger partial charge in [0.05, 0.1) is 5.56 Å². The normalized spacial score (nSPS) is 11.4. The van der Waals surface area contributed by atoms with E-state index >= 15 is 0 Å². The van der Waals surface area contributed by atoms with E-state index in [1.54, 1.807) is 13.8 Å². The van der Waals surface area contributed by atoms with Crippen LogP contribution in [0.2, 0.25) is 0 Å². The van der Waals surface area contributed by atoms with E-state index in [4.69, 9.17) is 0 Å². The largest absolute Gasteiger partial charge is 0.416 e. The second-order valence-corrected chi connectivity index (χ2v) is 3.56. The van der Waals surface area contributed by atoms with Crippen molar-refractivity contribution < 1.29 is 18.0 Å². The molecule has 1 rings (SSSR count). The molecule has 17 heavy (non-hydrogen) atoms. The highest BCUT2D eigenvalue weighted by atomic mass is 19.4. The van der Waals surface area contributed by atoms with Gasteiger partial charge in [-0.25, -0.2) is 0 Å². The van der Waals surface area contributed by atoms with Crippen molar-refractivity contribution in [1.29, 1.82) is 0 Å². The summed E-state index contributed by atoms with van der Waals surface area (Å²) < 4.78 is 37.4.